The van der Waals surface area contributed by atoms with Crippen LogP contribution in [0.4, 0.5) is 10.6 Å². The van der Waals surface area contributed by atoms with Crippen LogP contribution in [0.5, 0.6) is 0 Å². The number of aromatic nitrogens is 2. The Kier molecular flexibility index (Phi) is 4.02. The summed E-state index contributed by atoms with van der Waals surface area (Å²) in [5, 5.41) is 12.9. The van der Waals surface area contributed by atoms with Gasteiger partial charge in [-0.3, -0.25) is 4.90 Å². The first-order valence-corrected chi connectivity index (χ1v) is 6.06. The number of ether oxygens (including phenoxy) is 1. The van der Waals surface area contributed by atoms with Crippen LogP contribution in [0, 0.1) is 11.3 Å². The lowest BCUT2D eigenvalue weighted by molar-refractivity contribution is 0.0587. The zero-order valence-electron chi connectivity index (χ0n) is 11.0. The monoisotopic (exact) mass is 314 g/mol. The van der Waals surface area contributed by atoms with E-state index >= 15 is 0 Å². The highest BCUT2D eigenvalue weighted by atomic mass is 79.9. The molecule has 0 aromatic carbocycles. The largest absolute Gasteiger partial charge is 0.443 e. The number of amides is 1. The third-order valence-electron chi connectivity index (χ3n) is 2.05. The lowest BCUT2D eigenvalue weighted by Crippen LogP contribution is -2.35. The molecule has 0 N–H and O–H groups in total. The van der Waals surface area contributed by atoms with E-state index in [1.165, 1.54) is 9.58 Å². The Morgan fingerprint density at radius 3 is 2.50 bits per heavy atom. The van der Waals surface area contributed by atoms with Crippen molar-refractivity contribution < 1.29 is 9.53 Å². The fourth-order valence-electron chi connectivity index (χ4n) is 1.34. The van der Waals surface area contributed by atoms with Crippen molar-refractivity contribution in [3.63, 3.8) is 0 Å². The summed E-state index contributed by atoms with van der Waals surface area (Å²) in [6, 6.07) is 1.94. The Labute approximate surface area is 114 Å². The van der Waals surface area contributed by atoms with Gasteiger partial charge in [0, 0.05) is 14.1 Å². The molecule has 0 aliphatic rings. The third-order valence-corrected chi connectivity index (χ3v) is 2.78. The molecule has 1 heterocycles. The maximum absolute atomic E-state index is 11.9. The molecule has 0 unspecified atom stereocenters. The zero-order chi connectivity index (χ0) is 14.1. The summed E-state index contributed by atoms with van der Waals surface area (Å²) in [6.07, 6.45) is -0.504. The van der Waals surface area contributed by atoms with E-state index in [1.54, 1.807) is 34.9 Å². The van der Waals surface area contributed by atoms with E-state index in [9.17, 15) is 4.79 Å². The maximum atomic E-state index is 11.9. The first kappa shape index (κ1) is 14.5. The minimum atomic E-state index is -0.575. The fourth-order valence-corrected chi connectivity index (χ4v) is 2.03. The topological polar surface area (TPSA) is 71.2 Å². The van der Waals surface area contributed by atoms with E-state index in [2.05, 4.69) is 21.0 Å². The molecular formula is C11H15BrN4O2. The van der Waals surface area contributed by atoms with Crippen LogP contribution < -0.4 is 4.90 Å². The van der Waals surface area contributed by atoms with E-state index in [-0.39, 0.29) is 5.69 Å². The van der Waals surface area contributed by atoms with Crippen molar-refractivity contribution in [2.24, 2.45) is 7.05 Å². The van der Waals surface area contributed by atoms with Crippen molar-refractivity contribution in [2.45, 2.75) is 26.4 Å². The summed E-state index contributed by atoms with van der Waals surface area (Å²) in [4.78, 5) is 13.2. The Morgan fingerprint density at radius 1 is 1.56 bits per heavy atom. The number of anilines is 1. The molecular weight excluding hydrogens is 300 g/mol. The van der Waals surface area contributed by atoms with Crippen molar-refractivity contribution >= 4 is 27.8 Å². The van der Waals surface area contributed by atoms with Gasteiger partial charge in [0.2, 0.25) is 0 Å². The fraction of sp³-hybridized carbons (Fsp3) is 0.545. The molecule has 98 valence electrons. The smallest absolute Gasteiger partial charge is 0.415 e. The van der Waals surface area contributed by atoms with Crippen LogP contribution in [0.2, 0.25) is 0 Å². The average Bonchev–Trinajstić information content (AvgIpc) is 2.50. The van der Waals surface area contributed by atoms with Crippen LogP contribution in [0.15, 0.2) is 4.47 Å². The molecule has 1 aromatic rings. The molecule has 1 amide bonds. The van der Waals surface area contributed by atoms with E-state index in [4.69, 9.17) is 10.00 Å². The highest BCUT2D eigenvalue weighted by Crippen LogP contribution is 2.28. The normalized spacial score (nSPS) is 10.9. The molecule has 6 nitrogen and oxygen atoms in total. The van der Waals surface area contributed by atoms with Gasteiger partial charge in [-0.15, -0.1) is 0 Å². The number of carbonyl (C=O) groups is 1. The number of aryl methyl sites for hydroxylation is 1. The second-order valence-electron chi connectivity index (χ2n) is 4.76. The van der Waals surface area contributed by atoms with Crippen LogP contribution in [0.1, 0.15) is 26.5 Å². The molecule has 1 aromatic heterocycles. The number of hydrogen-bond donors (Lipinski definition) is 0. The number of nitriles is 1. The van der Waals surface area contributed by atoms with Crippen LogP contribution in [0.25, 0.3) is 0 Å². The van der Waals surface area contributed by atoms with E-state index in [1.807, 2.05) is 6.07 Å². The molecule has 0 fully saturated rings. The maximum Gasteiger partial charge on any atom is 0.415 e. The molecule has 0 atom stereocenters. The van der Waals surface area contributed by atoms with Gasteiger partial charge in [-0.05, 0) is 36.7 Å². The minimum Gasteiger partial charge on any atom is -0.443 e. The van der Waals surface area contributed by atoms with Crippen LogP contribution in [-0.4, -0.2) is 28.5 Å². The van der Waals surface area contributed by atoms with Crippen molar-refractivity contribution in [1.29, 1.82) is 5.26 Å². The first-order chi connectivity index (χ1) is 8.17. The van der Waals surface area contributed by atoms with Gasteiger partial charge in [0.15, 0.2) is 11.5 Å². The number of rotatable bonds is 1. The van der Waals surface area contributed by atoms with Crippen LogP contribution >= 0.6 is 15.9 Å². The van der Waals surface area contributed by atoms with Gasteiger partial charge in [0.1, 0.15) is 11.7 Å². The van der Waals surface area contributed by atoms with Crippen molar-refractivity contribution in [1.82, 2.24) is 9.78 Å². The van der Waals surface area contributed by atoms with Gasteiger partial charge in [0.25, 0.3) is 0 Å². The number of halogens is 1. The highest BCUT2D eigenvalue weighted by molar-refractivity contribution is 9.10. The van der Waals surface area contributed by atoms with Gasteiger partial charge in [-0.2, -0.15) is 10.4 Å². The van der Waals surface area contributed by atoms with Crippen LogP contribution in [-0.2, 0) is 11.8 Å². The van der Waals surface area contributed by atoms with Crippen molar-refractivity contribution in [3.8, 4) is 6.07 Å². The lowest BCUT2D eigenvalue weighted by Gasteiger charge is -2.24. The summed E-state index contributed by atoms with van der Waals surface area (Å²) >= 11 is 3.26. The summed E-state index contributed by atoms with van der Waals surface area (Å²) in [6.45, 7) is 5.37. The summed E-state index contributed by atoms with van der Waals surface area (Å²) in [5.74, 6) is 0.473. The second-order valence-corrected chi connectivity index (χ2v) is 5.55. The van der Waals surface area contributed by atoms with Gasteiger partial charge in [-0.1, -0.05) is 0 Å². The molecule has 0 radical (unpaired) electrons. The molecule has 0 bridgehead atoms. The van der Waals surface area contributed by atoms with E-state index in [0.717, 1.165) is 0 Å². The Bertz CT molecular complexity index is 510. The predicted molar refractivity (Wildman–Crippen MR) is 70.3 cm³/mol. The molecule has 0 aliphatic heterocycles. The number of carbonyl (C=O) groups excluding carboxylic acids is 1. The second kappa shape index (κ2) is 4.98. The van der Waals surface area contributed by atoms with Crippen molar-refractivity contribution in [2.75, 3.05) is 11.9 Å². The van der Waals surface area contributed by atoms with Crippen LogP contribution in [0.3, 0.4) is 0 Å². The van der Waals surface area contributed by atoms with E-state index in [0.29, 0.717) is 10.3 Å². The van der Waals surface area contributed by atoms with Crippen molar-refractivity contribution in [3.05, 3.63) is 10.2 Å². The molecule has 1 rings (SSSR count). The first-order valence-electron chi connectivity index (χ1n) is 5.26. The highest BCUT2D eigenvalue weighted by Gasteiger charge is 2.25. The molecule has 0 aliphatic carbocycles. The Balaban J connectivity index is 3.05. The number of hydrogen-bond acceptors (Lipinski definition) is 4. The van der Waals surface area contributed by atoms with Gasteiger partial charge >= 0.3 is 6.09 Å². The number of nitrogens with zero attached hydrogens (tertiary/aromatic N) is 4. The van der Waals surface area contributed by atoms with Gasteiger partial charge in [-0.25, -0.2) is 9.48 Å². The third kappa shape index (κ3) is 3.01. The van der Waals surface area contributed by atoms with E-state index < -0.39 is 11.7 Å². The lowest BCUT2D eigenvalue weighted by atomic mass is 10.2. The molecule has 0 spiro atoms. The molecule has 7 heteroatoms. The molecule has 0 saturated carbocycles. The van der Waals surface area contributed by atoms with Gasteiger partial charge < -0.3 is 4.74 Å². The van der Waals surface area contributed by atoms with Gasteiger partial charge in [0.05, 0.1) is 4.47 Å². The zero-order valence-corrected chi connectivity index (χ0v) is 12.6. The summed E-state index contributed by atoms with van der Waals surface area (Å²) in [5.41, 5.74) is -0.350. The minimum absolute atomic E-state index is 0.225. The average molecular weight is 315 g/mol. The Morgan fingerprint density at radius 2 is 2.11 bits per heavy atom. The summed E-state index contributed by atoms with van der Waals surface area (Å²) < 4.78 is 7.17. The summed E-state index contributed by atoms with van der Waals surface area (Å²) in [7, 11) is 3.22. The quantitative estimate of drug-likeness (QED) is 0.798. The SMILES string of the molecule is CN(C(=O)OC(C)(C)C)c1c(Br)c(C#N)nn1C. The Hall–Kier alpha value is -1.55. The molecule has 18 heavy (non-hydrogen) atoms. The standard InChI is InChI=1S/C11H15BrN4O2/c1-11(2,3)18-10(17)15(4)9-8(12)7(6-13)14-16(9)5/h1-5H3. The predicted octanol–water partition coefficient (Wildman–Crippen LogP) is 2.43. The molecule has 0 saturated heterocycles.